The van der Waals surface area contributed by atoms with Gasteiger partial charge in [-0.25, -0.2) is 0 Å². The van der Waals surface area contributed by atoms with Crippen molar-refractivity contribution in [3.63, 3.8) is 0 Å². The third-order valence-corrected chi connectivity index (χ3v) is 3.38. The summed E-state index contributed by atoms with van der Waals surface area (Å²) in [7, 11) is 0. The maximum absolute atomic E-state index is 12.6. The molecule has 0 bridgehead atoms. The van der Waals surface area contributed by atoms with Crippen LogP contribution in [0.15, 0.2) is 48.5 Å². The SMILES string of the molecule is O=C(NCCOc1ccc(Cl)cc1)C(=O)Nc1cccc(C(F)(F)F)c1. The minimum Gasteiger partial charge on any atom is -0.492 e. The lowest BCUT2D eigenvalue weighted by Gasteiger charge is -2.10. The number of halogens is 4. The van der Waals surface area contributed by atoms with E-state index in [1.54, 1.807) is 24.3 Å². The predicted molar refractivity (Wildman–Crippen MR) is 90.0 cm³/mol. The van der Waals surface area contributed by atoms with Crippen molar-refractivity contribution in [1.82, 2.24) is 5.32 Å². The Morgan fingerprint density at radius 3 is 2.38 bits per heavy atom. The second-order valence-electron chi connectivity index (χ2n) is 5.09. The molecule has 0 saturated heterocycles. The van der Waals surface area contributed by atoms with E-state index in [-0.39, 0.29) is 18.8 Å². The molecule has 0 fully saturated rings. The monoisotopic (exact) mass is 386 g/mol. The average Bonchev–Trinajstić information content (AvgIpc) is 2.59. The summed E-state index contributed by atoms with van der Waals surface area (Å²) in [4.78, 5) is 23.4. The van der Waals surface area contributed by atoms with E-state index in [4.69, 9.17) is 16.3 Å². The van der Waals surface area contributed by atoms with Crippen LogP contribution in [0.5, 0.6) is 5.75 Å². The van der Waals surface area contributed by atoms with Gasteiger partial charge in [0.1, 0.15) is 12.4 Å². The summed E-state index contributed by atoms with van der Waals surface area (Å²) < 4.78 is 43.2. The second-order valence-corrected chi connectivity index (χ2v) is 5.53. The van der Waals surface area contributed by atoms with E-state index >= 15 is 0 Å². The molecule has 0 unspecified atom stereocenters. The topological polar surface area (TPSA) is 67.4 Å². The number of carbonyl (C=O) groups excluding carboxylic acids is 2. The Hall–Kier alpha value is -2.74. The molecule has 2 aromatic rings. The highest BCUT2D eigenvalue weighted by atomic mass is 35.5. The largest absolute Gasteiger partial charge is 0.492 e. The summed E-state index contributed by atoms with van der Waals surface area (Å²) in [5.74, 6) is -1.52. The van der Waals surface area contributed by atoms with Gasteiger partial charge in [0, 0.05) is 10.7 Å². The zero-order valence-electron chi connectivity index (χ0n) is 13.3. The number of benzene rings is 2. The molecule has 9 heteroatoms. The molecule has 2 amide bonds. The van der Waals surface area contributed by atoms with Crippen LogP contribution in [0.3, 0.4) is 0 Å². The molecule has 0 aliphatic heterocycles. The fourth-order valence-electron chi connectivity index (χ4n) is 1.91. The molecule has 0 aromatic heterocycles. The highest BCUT2D eigenvalue weighted by Gasteiger charge is 2.30. The van der Waals surface area contributed by atoms with Crippen LogP contribution in [-0.2, 0) is 15.8 Å². The van der Waals surface area contributed by atoms with Gasteiger partial charge < -0.3 is 15.4 Å². The van der Waals surface area contributed by atoms with Gasteiger partial charge >= 0.3 is 18.0 Å². The van der Waals surface area contributed by atoms with E-state index in [2.05, 4.69) is 10.6 Å². The lowest BCUT2D eigenvalue weighted by molar-refractivity contribution is -0.137. The van der Waals surface area contributed by atoms with Crippen molar-refractivity contribution < 1.29 is 27.5 Å². The first-order chi connectivity index (χ1) is 12.3. The third kappa shape index (κ3) is 5.96. The number of amides is 2. The molecular weight excluding hydrogens is 373 g/mol. The summed E-state index contributed by atoms with van der Waals surface area (Å²) in [5.41, 5.74) is -1.05. The maximum Gasteiger partial charge on any atom is 0.416 e. The molecular formula is C17H14ClF3N2O3. The Bertz CT molecular complexity index is 780. The number of ether oxygens (including phenoxy) is 1. The van der Waals surface area contributed by atoms with Crippen LogP contribution in [-0.4, -0.2) is 25.0 Å². The molecule has 0 aliphatic rings. The number of rotatable bonds is 5. The summed E-state index contributed by atoms with van der Waals surface area (Å²) in [6.45, 7) is 0.141. The Morgan fingerprint density at radius 1 is 1.04 bits per heavy atom. The van der Waals surface area contributed by atoms with Crippen LogP contribution in [0.4, 0.5) is 18.9 Å². The lowest BCUT2D eigenvalue weighted by Crippen LogP contribution is -2.37. The first kappa shape index (κ1) is 19.6. The Kier molecular flexibility index (Phi) is 6.46. The first-order valence-electron chi connectivity index (χ1n) is 7.40. The minimum atomic E-state index is -4.54. The Morgan fingerprint density at radius 2 is 1.73 bits per heavy atom. The van der Waals surface area contributed by atoms with Crippen LogP contribution in [0.2, 0.25) is 5.02 Å². The van der Waals surface area contributed by atoms with E-state index < -0.39 is 23.6 Å². The summed E-state index contributed by atoms with van der Waals surface area (Å²) in [6.07, 6.45) is -4.54. The highest BCUT2D eigenvalue weighted by molar-refractivity contribution is 6.39. The smallest absolute Gasteiger partial charge is 0.416 e. The molecule has 138 valence electrons. The number of anilines is 1. The van der Waals surface area contributed by atoms with Crippen LogP contribution >= 0.6 is 11.6 Å². The highest BCUT2D eigenvalue weighted by Crippen LogP contribution is 2.30. The van der Waals surface area contributed by atoms with Gasteiger partial charge in [0.05, 0.1) is 12.1 Å². The van der Waals surface area contributed by atoms with Gasteiger partial charge in [0.25, 0.3) is 0 Å². The number of alkyl halides is 3. The fourth-order valence-corrected chi connectivity index (χ4v) is 2.03. The van der Waals surface area contributed by atoms with Crippen LogP contribution < -0.4 is 15.4 Å². The number of carbonyl (C=O) groups is 2. The zero-order chi connectivity index (χ0) is 19.2. The number of nitrogens with one attached hydrogen (secondary N) is 2. The van der Waals surface area contributed by atoms with Gasteiger partial charge in [-0.2, -0.15) is 13.2 Å². The minimum absolute atomic E-state index is 0.0392. The summed E-state index contributed by atoms with van der Waals surface area (Å²) in [6, 6.07) is 10.6. The van der Waals surface area contributed by atoms with Crippen molar-refractivity contribution in [2.75, 3.05) is 18.5 Å². The van der Waals surface area contributed by atoms with E-state index in [0.717, 1.165) is 18.2 Å². The van der Waals surface area contributed by atoms with Gasteiger partial charge in [0.2, 0.25) is 0 Å². The molecule has 0 radical (unpaired) electrons. The van der Waals surface area contributed by atoms with Crippen LogP contribution in [0.1, 0.15) is 5.56 Å². The third-order valence-electron chi connectivity index (χ3n) is 3.12. The molecule has 2 N–H and O–H groups in total. The molecule has 0 saturated carbocycles. The molecule has 2 aromatic carbocycles. The second kappa shape index (κ2) is 8.57. The normalized spacial score (nSPS) is 10.9. The molecule has 26 heavy (non-hydrogen) atoms. The van der Waals surface area contributed by atoms with Crippen molar-refractivity contribution >= 4 is 29.1 Å². The van der Waals surface area contributed by atoms with E-state index in [0.29, 0.717) is 10.8 Å². The molecule has 0 aliphatic carbocycles. The van der Waals surface area contributed by atoms with Crippen molar-refractivity contribution in [2.45, 2.75) is 6.18 Å². The van der Waals surface area contributed by atoms with Crippen molar-refractivity contribution in [3.05, 3.63) is 59.1 Å². The van der Waals surface area contributed by atoms with Gasteiger partial charge in [0.15, 0.2) is 0 Å². The molecule has 0 atom stereocenters. The van der Waals surface area contributed by atoms with Gasteiger partial charge in [-0.3, -0.25) is 9.59 Å². The number of hydrogen-bond donors (Lipinski definition) is 2. The summed E-state index contributed by atoms with van der Waals surface area (Å²) in [5, 5.41) is 4.97. The van der Waals surface area contributed by atoms with E-state index in [1.807, 2.05) is 0 Å². The van der Waals surface area contributed by atoms with Crippen molar-refractivity contribution in [3.8, 4) is 5.75 Å². The number of hydrogen-bond acceptors (Lipinski definition) is 3. The van der Waals surface area contributed by atoms with E-state index in [9.17, 15) is 22.8 Å². The van der Waals surface area contributed by atoms with Gasteiger partial charge in [-0.15, -0.1) is 0 Å². The van der Waals surface area contributed by atoms with Crippen molar-refractivity contribution in [1.29, 1.82) is 0 Å². The van der Waals surface area contributed by atoms with Crippen molar-refractivity contribution in [2.24, 2.45) is 0 Å². The quantitative estimate of drug-likeness (QED) is 0.610. The zero-order valence-corrected chi connectivity index (χ0v) is 14.0. The summed E-state index contributed by atoms with van der Waals surface area (Å²) >= 11 is 5.73. The van der Waals surface area contributed by atoms with E-state index in [1.165, 1.54) is 6.07 Å². The van der Waals surface area contributed by atoms with Crippen LogP contribution in [0, 0.1) is 0 Å². The van der Waals surface area contributed by atoms with Crippen LogP contribution in [0.25, 0.3) is 0 Å². The lowest BCUT2D eigenvalue weighted by atomic mass is 10.2. The Balaban J connectivity index is 1.79. The molecule has 0 spiro atoms. The fraction of sp³-hybridized carbons (Fsp3) is 0.176. The molecule has 0 heterocycles. The average molecular weight is 387 g/mol. The molecule has 5 nitrogen and oxygen atoms in total. The first-order valence-corrected chi connectivity index (χ1v) is 7.78. The maximum atomic E-state index is 12.6. The molecule has 2 rings (SSSR count). The van der Waals surface area contributed by atoms with Gasteiger partial charge in [-0.1, -0.05) is 17.7 Å². The predicted octanol–water partition coefficient (Wildman–Crippen LogP) is 3.49. The Labute approximate surface area is 152 Å². The van der Waals surface area contributed by atoms with Gasteiger partial charge in [-0.05, 0) is 42.5 Å². The standard InChI is InChI=1S/C17H14ClF3N2O3/c18-12-4-6-14(7-5-12)26-9-8-22-15(24)16(25)23-13-3-1-2-11(10-13)17(19,20)21/h1-7,10H,8-9H2,(H,22,24)(H,23,25).